The smallest absolute Gasteiger partial charge is 0.407 e. The number of aldehydes is 1. The zero-order valence-electron chi connectivity index (χ0n) is 12.6. The normalized spacial score (nSPS) is 10.9. The molecule has 21 heavy (non-hydrogen) atoms. The second-order valence-electron chi connectivity index (χ2n) is 5.44. The van der Waals surface area contributed by atoms with E-state index in [0.29, 0.717) is 12.1 Å². The Balaban J connectivity index is 2.34. The summed E-state index contributed by atoms with van der Waals surface area (Å²) in [6.07, 6.45) is 1.63. The molecule has 1 aromatic heterocycles. The zero-order valence-corrected chi connectivity index (χ0v) is 12.6. The summed E-state index contributed by atoms with van der Waals surface area (Å²) in [6.45, 7) is 5.41. The third kappa shape index (κ3) is 6.07. The Morgan fingerprint density at radius 1 is 1.43 bits per heavy atom. The Morgan fingerprint density at radius 2 is 2.10 bits per heavy atom. The minimum atomic E-state index is -0.578. The van der Waals surface area contributed by atoms with Gasteiger partial charge in [-0.05, 0) is 20.8 Å². The van der Waals surface area contributed by atoms with E-state index in [0.717, 1.165) is 0 Å². The molecule has 0 atom stereocenters. The second kappa shape index (κ2) is 6.87. The van der Waals surface area contributed by atoms with Crippen molar-refractivity contribution in [3.05, 3.63) is 12.0 Å². The molecule has 0 aliphatic carbocycles. The van der Waals surface area contributed by atoms with Crippen LogP contribution in [-0.4, -0.2) is 40.0 Å². The fraction of sp³-hybridized carbons (Fsp3) is 0.538. The maximum absolute atomic E-state index is 11.6. The molecular formula is C13H20N4O4. The van der Waals surface area contributed by atoms with Crippen LogP contribution in [0.1, 0.15) is 37.8 Å². The molecule has 0 saturated carbocycles. The zero-order chi connectivity index (χ0) is 16.0. The molecule has 2 N–H and O–H groups in total. The number of hydrogen-bond donors (Lipinski definition) is 2. The van der Waals surface area contributed by atoms with Gasteiger partial charge >= 0.3 is 6.09 Å². The molecule has 0 bridgehead atoms. The predicted molar refractivity (Wildman–Crippen MR) is 76.1 cm³/mol. The molecule has 0 aliphatic rings. The molecule has 1 heterocycles. The molecular weight excluding hydrogens is 276 g/mol. The monoisotopic (exact) mass is 296 g/mol. The lowest BCUT2D eigenvalue weighted by molar-refractivity contribution is -0.116. The Hall–Kier alpha value is -2.38. The van der Waals surface area contributed by atoms with Crippen molar-refractivity contribution < 1.29 is 19.1 Å². The van der Waals surface area contributed by atoms with Crippen molar-refractivity contribution in [2.75, 3.05) is 11.9 Å². The number of aryl methyl sites for hydroxylation is 1. The van der Waals surface area contributed by atoms with Gasteiger partial charge in [-0.15, -0.1) is 0 Å². The van der Waals surface area contributed by atoms with E-state index in [-0.39, 0.29) is 24.7 Å². The van der Waals surface area contributed by atoms with E-state index in [1.165, 1.54) is 10.8 Å². The summed E-state index contributed by atoms with van der Waals surface area (Å²) >= 11 is 0. The second-order valence-corrected chi connectivity index (χ2v) is 5.44. The Kier molecular flexibility index (Phi) is 5.45. The van der Waals surface area contributed by atoms with Gasteiger partial charge in [0.25, 0.3) is 0 Å². The van der Waals surface area contributed by atoms with Crippen molar-refractivity contribution in [2.24, 2.45) is 7.05 Å². The number of carbonyl (C=O) groups excluding carboxylic acids is 3. The van der Waals surface area contributed by atoms with Crippen molar-refractivity contribution in [3.8, 4) is 0 Å². The van der Waals surface area contributed by atoms with E-state index in [1.807, 2.05) is 0 Å². The first-order chi connectivity index (χ1) is 9.71. The van der Waals surface area contributed by atoms with Gasteiger partial charge in [-0.2, -0.15) is 0 Å². The Bertz CT molecular complexity index is 531. The van der Waals surface area contributed by atoms with Crippen LogP contribution in [0.2, 0.25) is 0 Å². The van der Waals surface area contributed by atoms with Crippen LogP contribution in [-0.2, 0) is 16.6 Å². The number of carbonyl (C=O) groups is 3. The number of imidazole rings is 1. The fourth-order valence-corrected chi connectivity index (χ4v) is 1.45. The van der Waals surface area contributed by atoms with Crippen molar-refractivity contribution in [3.63, 3.8) is 0 Å². The van der Waals surface area contributed by atoms with Crippen LogP contribution in [0.3, 0.4) is 0 Å². The summed E-state index contributed by atoms with van der Waals surface area (Å²) in [5.41, 5.74) is -0.578. The summed E-state index contributed by atoms with van der Waals surface area (Å²) in [5, 5.41) is 5.02. The van der Waals surface area contributed by atoms with Gasteiger partial charge in [0.15, 0.2) is 17.9 Å². The van der Waals surface area contributed by atoms with Gasteiger partial charge in [0.2, 0.25) is 5.91 Å². The van der Waals surface area contributed by atoms with E-state index < -0.39 is 11.7 Å². The molecule has 1 aromatic rings. The SMILES string of the molecule is Cn1cc(NC(=O)CCNC(=O)OC(C)(C)C)nc1C=O. The van der Waals surface area contributed by atoms with E-state index in [4.69, 9.17) is 4.74 Å². The van der Waals surface area contributed by atoms with Crippen molar-refractivity contribution in [1.29, 1.82) is 0 Å². The molecule has 0 unspecified atom stereocenters. The van der Waals surface area contributed by atoms with Crippen LogP contribution < -0.4 is 10.6 Å². The maximum atomic E-state index is 11.6. The number of ether oxygens (including phenoxy) is 1. The lowest BCUT2D eigenvalue weighted by atomic mass is 10.2. The predicted octanol–water partition coefficient (Wildman–Crippen LogP) is 1.09. The van der Waals surface area contributed by atoms with Gasteiger partial charge in [0, 0.05) is 26.2 Å². The van der Waals surface area contributed by atoms with Gasteiger partial charge in [0.05, 0.1) is 0 Å². The van der Waals surface area contributed by atoms with E-state index in [9.17, 15) is 14.4 Å². The molecule has 8 heteroatoms. The summed E-state index contributed by atoms with van der Waals surface area (Å²) in [5.74, 6) is 0.195. The minimum absolute atomic E-state index is 0.0756. The first-order valence-corrected chi connectivity index (χ1v) is 6.46. The molecule has 0 fully saturated rings. The number of nitrogens with one attached hydrogen (secondary N) is 2. The van der Waals surface area contributed by atoms with Gasteiger partial charge in [-0.3, -0.25) is 9.59 Å². The molecule has 8 nitrogen and oxygen atoms in total. The number of alkyl carbamates (subject to hydrolysis) is 1. The molecule has 0 radical (unpaired) electrons. The summed E-state index contributed by atoms with van der Waals surface area (Å²) < 4.78 is 6.54. The van der Waals surface area contributed by atoms with Crippen molar-refractivity contribution >= 4 is 24.1 Å². The van der Waals surface area contributed by atoms with Gasteiger partial charge in [-0.1, -0.05) is 0 Å². The largest absolute Gasteiger partial charge is 0.444 e. The van der Waals surface area contributed by atoms with Crippen molar-refractivity contribution in [1.82, 2.24) is 14.9 Å². The van der Waals surface area contributed by atoms with Gasteiger partial charge in [0.1, 0.15) is 5.60 Å². The third-order valence-corrected chi connectivity index (χ3v) is 2.31. The van der Waals surface area contributed by atoms with Crippen molar-refractivity contribution in [2.45, 2.75) is 32.8 Å². The Labute approximate surface area is 122 Å². The molecule has 2 amide bonds. The lowest BCUT2D eigenvalue weighted by Gasteiger charge is -2.19. The Morgan fingerprint density at radius 3 is 2.62 bits per heavy atom. The maximum Gasteiger partial charge on any atom is 0.407 e. The highest BCUT2D eigenvalue weighted by atomic mass is 16.6. The molecule has 1 rings (SSSR count). The number of anilines is 1. The van der Waals surface area contributed by atoms with Crippen LogP contribution in [0, 0.1) is 0 Å². The lowest BCUT2D eigenvalue weighted by Crippen LogP contribution is -2.34. The first-order valence-electron chi connectivity index (χ1n) is 6.46. The molecule has 0 spiro atoms. The quantitative estimate of drug-likeness (QED) is 0.792. The number of aromatic nitrogens is 2. The molecule has 0 aromatic carbocycles. The fourth-order valence-electron chi connectivity index (χ4n) is 1.45. The average molecular weight is 296 g/mol. The number of nitrogens with zero attached hydrogens (tertiary/aromatic N) is 2. The number of hydrogen-bond acceptors (Lipinski definition) is 5. The third-order valence-electron chi connectivity index (χ3n) is 2.31. The number of rotatable bonds is 5. The van der Waals surface area contributed by atoms with Crippen LogP contribution in [0.25, 0.3) is 0 Å². The van der Waals surface area contributed by atoms with Gasteiger partial charge in [-0.25, -0.2) is 9.78 Å². The van der Waals surface area contributed by atoms with E-state index in [1.54, 1.807) is 27.8 Å². The topological polar surface area (TPSA) is 102 Å². The summed E-state index contributed by atoms with van der Waals surface area (Å²) in [6, 6.07) is 0. The first kappa shape index (κ1) is 16.7. The summed E-state index contributed by atoms with van der Waals surface area (Å²) in [4.78, 5) is 37.6. The minimum Gasteiger partial charge on any atom is -0.444 e. The van der Waals surface area contributed by atoms with E-state index >= 15 is 0 Å². The van der Waals surface area contributed by atoms with Crippen LogP contribution in [0.5, 0.6) is 0 Å². The highest BCUT2D eigenvalue weighted by Gasteiger charge is 2.16. The highest BCUT2D eigenvalue weighted by molar-refractivity contribution is 5.90. The molecule has 116 valence electrons. The van der Waals surface area contributed by atoms with Crippen LogP contribution in [0.15, 0.2) is 6.20 Å². The number of amides is 2. The van der Waals surface area contributed by atoms with E-state index in [2.05, 4.69) is 15.6 Å². The standard InChI is InChI=1S/C13H20N4O4/c1-13(2,3)21-12(20)14-6-5-11(19)16-9-7-17(4)10(8-18)15-9/h7-8H,5-6H2,1-4H3,(H,14,20)(H,16,19). The molecule has 0 aliphatic heterocycles. The highest BCUT2D eigenvalue weighted by Crippen LogP contribution is 2.07. The van der Waals surface area contributed by atoms with Gasteiger partial charge < -0.3 is 19.9 Å². The molecule has 0 saturated heterocycles. The van der Waals surface area contributed by atoms with Crippen LogP contribution >= 0.6 is 0 Å². The summed E-state index contributed by atoms with van der Waals surface area (Å²) in [7, 11) is 1.65. The van der Waals surface area contributed by atoms with Crippen LogP contribution in [0.4, 0.5) is 10.6 Å². The average Bonchev–Trinajstić information content (AvgIpc) is 2.66.